The van der Waals surface area contributed by atoms with E-state index in [1.807, 2.05) is 31.2 Å². The van der Waals surface area contributed by atoms with Gasteiger partial charge in [-0.1, -0.05) is 34.1 Å². The molecule has 2 N–H and O–H groups in total. The largest absolute Gasteiger partial charge is 0.334 e. The summed E-state index contributed by atoms with van der Waals surface area (Å²) in [7, 11) is 0. The molecule has 3 heterocycles. The summed E-state index contributed by atoms with van der Waals surface area (Å²) in [4.78, 5) is 48.6. The van der Waals surface area contributed by atoms with Crippen molar-refractivity contribution in [1.29, 1.82) is 0 Å². The number of Topliss-reactive ketones (excluding diaryl/α,β-unsaturated/α-hetero) is 1. The number of fused-ring (bicyclic) bond motifs is 1. The van der Waals surface area contributed by atoms with Crippen molar-refractivity contribution in [3.63, 3.8) is 0 Å². The van der Waals surface area contributed by atoms with Crippen LogP contribution in [0.15, 0.2) is 47.1 Å². The molecule has 1 aliphatic heterocycles. The number of nitrogens with zero attached hydrogens (tertiary/aromatic N) is 3. The molecule has 2 aromatic heterocycles. The van der Waals surface area contributed by atoms with Crippen molar-refractivity contribution in [2.45, 2.75) is 30.4 Å². The van der Waals surface area contributed by atoms with Gasteiger partial charge in [0.2, 0.25) is 5.91 Å². The van der Waals surface area contributed by atoms with Crippen molar-refractivity contribution < 1.29 is 14.4 Å². The number of aromatic nitrogens is 3. The highest BCUT2D eigenvalue weighted by molar-refractivity contribution is 9.10. The number of aromatic amines is 1. The maximum Gasteiger partial charge on any atom is 0.255 e. The third kappa shape index (κ3) is 4.10. The van der Waals surface area contributed by atoms with Crippen LogP contribution in [0.2, 0.25) is 0 Å². The minimum atomic E-state index is -0.405. The zero-order valence-electron chi connectivity index (χ0n) is 16.0. The molecule has 1 aromatic carbocycles. The molecular formula is C20H18BrN5O3S. The monoisotopic (exact) mass is 487 g/mol. The van der Waals surface area contributed by atoms with Crippen molar-refractivity contribution in [3.8, 4) is 0 Å². The van der Waals surface area contributed by atoms with Crippen LogP contribution in [0.5, 0.6) is 0 Å². The molecule has 8 nitrogen and oxygen atoms in total. The fourth-order valence-corrected chi connectivity index (χ4v) is 5.04. The van der Waals surface area contributed by atoms with E-state index in [-0.39, 0.29) is 41.0 Å². The van der Waals surface area contributed by atoms with Gasteiger partial charge in [-0.3, -0.25) is 19.8 Å². The lowest BCUT2D eigenvalue weighted by molar-refractivity contribution is -0.140. The molecule has 0 bridgehead atoms. The van der Waals surface area contributed by atoms with E-state index in [0.717, 1.165) is 10.0 Å². The molecule has 4 rings (SSSR count). The average molecular weight is 488 g/mol. The van der Waals surface area contributed by atoms with Crippen LogP contribution in [-0.2, 0) is 9.59 Å². The number of H-pyrrole nitrogens is 1. The number of amides is 2. The number of hydrazine groups is 1. The molecule has 0 aliphatic carbocycles. The van der Waals surface area contributed by atoms with Gasteiger partial charge in [0.15, 0.2) is 17.3 Å². The first-order valence-corrected chi connectivity index (χ1v) is 11.0. The molecule has 30 heavy (non-hydrogen) atoms. The number of carbonyl (C=O) groups excluding carboxylic acids is 3. The number of nitrogens with one attached hydrogen (secondary N) is 2. The van der Waals surface area contributed by atoms with Gasteiger partial charge in [0.25, 0.3) is 5.91 Å². The molecule has 3 aromatic rings. The fraction of sp³-hybridized carbons (Fsp3) is 0.250. The Bertz CT molecular complexity index is 1100. The van der Waals surface area contributed by atoms with Gasteiger partial charge in [-0.15, -0.1) is 11.8 Å². The maximum absolute atomic E-state index is 12.6. The molecule has 10 heteroatoms. The quantitative estimate of drug-likeness (QED) is 0.516. The summed E-state index contributed by atoms with van der Waals surface area (Å²) >= 11 is 4.96. The Morgan fingerprint density at radius 2 is 2.03 bits per heavy atom. The molecule has 0 radical (unpaired) electrons. The summed E-state index contributed by atoms with van der Waals surface area (Å²) in [6.45, 7) is 1.81. The van der Waals surface area contributed by atoms with E-state index in [1.165, 1.54) is 16.8 Å². The van der Waals surface area contributed by atoms with E-state index in [0.29, 0.717) is 11.2 Å². The molecule has 2 unspecified atom stereocenters. The number of ketones is 1. The van der Waals surface area contributed by atoms with Crippen LogP contribution in [0.1, 0.15) is 41.3 Å². The topological polar surface area (TPSA) is 108 Å². The number of imidazole rings is 1. The molecule has 2 atom stereocenters. The minimum absolute atomic E-state index is 0.0317. The second-order valence-electron chi connectivity index (χ2n) is 6.78. The number of benzene rings is 1. The predicted molar refractivity (Wildman–Crippen MR) is 116 cm³/mol. The van der Waals surface area contributed by atoms with Gasteiger partial charge >= 0.3 is 0 Å². The van der Waals surface area contributed by atoms with Crippen LogP contribution in [0.4, 0.5) is 0 Å². The van der Waals surface area contributed by atoms with Gasteiger partial charge in [-0.05, 0) is 25.1 Å². The van der Waals surface area contributed by atoms with Crippen molar-refractivity contribution >= 4 is 56.5 Å². The standard InChI is InChI=1S/C20H18BrN5O3S/c1-11-19(29)26(20(30-11)12-5-2-3-6-13(12)21)25-16(28)9-8-15(27)18-23-14-7-4-10-22-17(14)24-18/h2-7,10-11,20H,8-9H2,1H3,(H,25,28)(H,22,23,24). The maximum atomic E-state index is 12.6. The third-order valence-corrected chi connectivity index (χ3v) is 6.72. The second-order valence-corrected chi connectivity index (χ2v) is 9.06. The van der Waals surface area contributed by atoms with Crippen molar-refractivity contribution in [3.05, 3.63) is 58.5 Å². The van der Waals surface area contributed by atoms with Crippen LogP contribution in [-0.4, -0.2) is 42.8 Å². The van der Waals surface area contributed by atoms with Crippen molar-refractivity contribution in [1.82, 2.24) is 25.4 Å². The first-order valence-electron chi connectivity index (χ1n) is 9.30. The van der Waals surface area contributed by atoms with Crippen LogP contribution in [0.3, 0.4) is 0 Å². The van der Waals surface area contributed by atoms with Crippen LogP contribution < -0.4 is 5.43 Å². The van der Waals surface area contributed by atoms with Crippen LogP contribution in [0.25, 0.3) is 11.2 Å². The number of thioether (sulfide) groups is 1. The van der Waals surface area contributed by atoms with E-state index in [2.05, 4.69) is 36.3 Å². The number of hydrogen-bond acceptors (Lipinski definition) is 6. The molecule has 1 fully saturated rings. The Morgan fingerprint density at radius 1 is 1.23 bits per heavy atom. The van der Waals surface area contributed by atoms with Gasteiger partial charge in [0.05, 0.1) is 10.8 Å². The minimum Gasteiger partial charge on any atom is -0.334 e. The highest BCUT2D eigenvalue weighted by atomic mass is 79.9. The van der Waals surface area contributed by atoms with Gasteiger partial charge in [0, 0.05) is 29.1 Å². The normalized spacial score (nSPS) is 18.7. The Morgan fingerprint density at radius 3 is 2.80 bits per heavy atom. The van der Waals surface area contributed by atoms with E-state index in [9.17, 15) is 14.4 Å². The molecule has 154 valence electrons. The molecule has 0 saturated carbocycles. The number of halogens is 1. The second kappa shape index (κ2) is 8.57. The van der Waals surface area contributed by atoms with Crippen molar-refractivity contribution in [2.24, 2.45) is 0 Å². The Balaban J connectivity index is 1.41. The summed E-state index contributed by atoms with van der Waals surface area (Å²) in [5.74, 6) is -0.702. The third-order valence-electron chi connectivity index (χ3n) is 4.67. The Hall–Kier alpha value is -2.72. The van der Waals surface area contributed by atoms with E-state index in [4.69, 9.17) is 0 Å². The summed E-state index contributed by atoms with van der Waals surface area (Å²) in [6, 6.07) is 11.1. The van der Waals surface area contributed by atoms with Crippen LogP contribution in [0, 0.1) is 0 Å². The molecule has 1 aliphatic rings. The lowest BCUT2D eigenvalue weighted by Gasteiger charge is -2.25. The van der Waals surface area contributed by atoms with Gasteiger partial charge < -0.3 is 4.98 Å². The molecular weight excluding hydrogens is 470 g/mol. The lowest BCUT2D eigenvalue weighted by atomic mass is 10.2. The van der Waals surface area contributed by atoms with Crippen LogP contribution >= 0.6 is 27.7 Å². The number of pyridine rings is 1. The number of hydrogen-bond donors (Lipinski definition) is 2. The molecule has 2 amide bonds. The number of rotatable bonds is 6. The molecule has 0 spiro atoms. The highest BCUT2D eigenvalue weighted by Crippen LogP contribution is 2.43. The zero-order valence-corrected chi connectivity index (χ0v) is 18.4. The average Bonchev–Trinajstić information content (AvgIpc) is 3.29. The fourth-order valence-electron chi connectivity index (χ4n) is 3.14. The van der Waals surface area contributed by atoms with Crippen molar-refractivity contribution in [2.75, 3.05) is 0 Å². The van der Waals surface area contributed by atoms with E-state index >= 15 is 0 Å². The van der Waals surface area contributed by atoms with E-state index < -0.39 is 5.91 Å². The van der Waals surface area contributed by atoms with Gasteiger partial charge in [-0.2, -0.15) is 0 Å². The Kier molecular flexibility index (Phi) is 5.87. The summed E-state index contributed by atoms with van der Waals surface area (Å²) in [6.07, 6.45) is 1.50. The van der Waals surface area contributed by atoms with Gasteiger partial charge in [-0.25, -0.2) is 15.0 Å². The lowest BCUT2D eigenvalue weighted by Crippen LogP contribution is -2.45. The highest BCUT2D eigenvalue weighted by Gasteiger charge is 2.40. The van der Waals surface area contributed by atoms with E-state index in [1.54, 1.807) is 18.3 Å². The smallest absolute Gasteiger partial charge is 0.255 e. The SMILES string of the molecule is CC1SC(c2ccccc2Br)N(NC(=O)CCC(=O)c2nc3ncccc3[nH]2)C1=O. The number of carbonyl (C=O) groups is 3. The summed E-state index contributed by atoms with van der Waals surface area (Å²) in [5.41, 5.74) is 4.69. The molecule has 1 saturated heterocycles. The summed E-state index contributed by atoms with van der Waals surface area (Å²) < 4.78 is 0.859. The predicted octanol–water partition coefficient (Wildman–Crippen LogP) is 3.38. The Labute approximate surface area is 184 Å². The summed E-state index contributed by atoms with van der Waals surface area (Å²) in [5, 5.41) is 0.726. The zero-order chi connectivity index (χ0) is 21.3. The first kappa shape index (κ1) is 20.5. The van der Waals surface area contributed by atoms with Gasteiger partial charge in [0.1, 0.15) is 5.37 Å². The first-order chi connectivity index (χ1) is 14.4.